The molecule has 0 aromatic heterocycles. The van der Waals surface area contributed by atoms with Gasteiger partial charge in [-0.1, -0.05) is 0 Å². The molecule has 1 aromatic rings. The standard InChI is InChI=1S/C15H24N4O2/c1-5-17-14(20)10-19(6-2)13-9-11(16)7-8-12(13)15(21)18(3)4/h7-9H,5-6,10,16H2,1-4H3,(H,17,20). The summed E-state index contributed by atoms with van der Waals surface area (Å²) in [5.41, 5.74) is 7.62. The summed E-state index contributed by atoms with van der Waals surface area (Å²) in [4.78, 5) is 27.4. The van der Waals surface area contributed by atoms with Gasteiger partial charge in [0.2, 0.25) is 5.91 Å². The van der Waals surface area contributed by atoms with E-state index in [-0.39, 0.29) is 18.4 Å². The lowest BCUT2D eigenvalue weighted by molar-refractivity contribution is -0.119. The minimum Gasteiger partial charge on any atom is -0.399 e. The third kappa shape index (κ3) is 4.37. The van der Waals surface area contributed by atoms with Gasteiger partial charge in [-0.15, -0.1) is 0 Å². The van der Waals surface area contributed by atoms with Gasteiger partial charge < -0.3 is 20.9 Å². The maximum atomic E-state index is 12.3. The van der Waals surface area contributed by atoms with Crippen molar-refractivity contribution in [1.29, 1.82) is 0 Å². The van der Waals surface area contributed by atoms with Gasteiger partial charge in [0.15, 0.2) is 0 Å². The molecule has 0 aliphatic rings. The fraction of sp³-hybridized carbons (Fsp3) is 0.467. The first-order valence-electron chi connectivity index (χ1n) is 7.03. The second-order valence-corrected chi connectivity index (χ2v) is 4.94. The van der Waals surface area contributed by atoms with E-state index in [1.54, 1.807) is 32.3 Å². The average molecular weight is 292 g/mol. The van der Waals surface area contributed by atoms with Gasteiger partial charge in [-0.25, -0.2) is 0 Å². The third-order valence-electron chi connectivity index (χ3n) is 3.09. The van der Waals surface area contributed by atoms with Crippen LogP contribution in [0.25, 0.3) is 0 Å². The third-order valence-corrected chi connectivity index (χ3v) is 3.09. The molecule has 0 bridgehead atoms. The first-order valence-corrected chi connectivity index (χ1v) is 7.03. The molecule has 0 aliphatic heterocycles. The Kier molecular flexibility index (Phi) is 6.02. The summed E-state index contributed by atoms with van der Waals surface area (Å²) in [5, 5.41) is 2.76. The molecule has 1 rings (SSSR count). The lowest BCUT2D eigenvalue weighted by Crippen LogP contribution is -2.38. The van der Waals surface area contributed by atoms with Crippen LogP contribution in [-0.4, -0.2) is 50.4 Å². The van der Waals surface area contributed by atoms with Crippen molar-refractivity contribution in [2.45, 2.75) is 13.8 Å². The van der Waals surface area contributed by atoms with E-state index >= 15 is 0 Å². The Balaban J connectivity index is 3.15. The second kappa shape index (κ2) is 7.52. The molecule has 0 aliphatic carbocycles. The summed E-state index contributed by atoms with van der Waals surface area (Å²) in [5.74, 6) is -0.190. The minimum absolute atomic E-state index is 0.0787. The Morgan fingerprint density at radius 2 is 1.90 bits per heavy atom. The van der Waals surface area contributed by atoms with Crippen molar-refractivity contribution in [2.24, 2.45) is 0 Å². The normalized spacial score (nSPS) is 10.1. The Morgan fingerprint density at radius 1 is 1.24 bits per heavy atom. The molecule has 21 heavy (non-hydrogen) atoms. The van der Waals surface area contributed by atoms with E-state index in [0.29, 0.717) is 30.0 Å². The molecule has 0 saturated heterocycles. The van der Waals surface area contributed by atoms with Crippen molar-refractivity contribution in [1.82, 2.24) is 10.2 Å². The predicted octanol–water partition coefficient (Wildman–Crippen LogP) is 0.933. The number of nitrogens with zero attached hydrogens (tertiary/aromatic N) is 2. The van der Waals surface area contributed by atoms with Crippen molar-refractivity contribution >= 4 is 23.2 Å². The molecule has 6 nitrogen and oxygen atoms in total. The van der Waals surface area contributed by atoms with Crippen LogP contribution in [0.5, 0.6) is 0 Å². The molecule has 2 amide bonds. The number of nitrogen functional groups attached to an aromatic ring is 1. The van der Waals surface area contributed by atoms with Crippen LogP contribution in [0.15, 0.2) is 18.2 Å². The zero-order valence-corrected chi connectivity index (χ0v) is 13.1. The molecule has 0 spiro atoms. The largest absolute Gasteiger partial charge is 0.399 e. The monoisotopic (exact) mass is 292 g/mol. The predicted molar refractivity (Wildman–Crippen MR) is 85.4 cm³/mol. The molecule has 3 N–H and O–H groups in total. The van der Waals surface area contributed by atoms with Crippen LogP contribution in [0.2, 0.25) is 0 Å². The molecule has 0 radical (unpaired) electrons. The van der Waals surface area contributed by atoms with Gasteiger partial charge in [0.25, 0.3) is 5.91 Å². The van der Waals surface area contributed by atoms with Crippen molar-refractivity contribution in [3.05, 3.63) is 23.8 Å². The van der Waals surface area contributed by atoms with E-state index in [2.05, 4.69) is 5.32 Å². The minimum atomic E-state index is -0.112. The van der Waals surface area contributed by atoms with Crippen LogP contribution < -0.4 is 16.0 Å². The molecule has 0 fully saturated rings. The Morgan fingerprint density at radius 3 is 2.43 bits per heavy atom. The van der Waals surface area contributed by atoms with Gasteiger partial charge in [-0.3, -0.25) is 9.59 Å². The summed E-state index contributed by atoms with van der Waals surface area (Å²) in [6.07, 6.45) is 0. The molecule has 116 valence electrons. The molecule has 0 unspecified atom stereocenters. The zero-order chi connectivity index (χ0) is 16.0. The van der Waals surface area contributed by atoms with Gasteiger partial charge in [0.05, 0.1) is 17.8 Å². The number of hydrogen-bond acceptors (Lipinski definition) is 4. The lowest BCUT2D eigenvalue weighted by atomic mass is 10.1. The Bertz CT molecular complexity index is 514. The van der Waals surface area contributed by atoms with Gasteiger partial charge >= 0.3 is 0 Å². The lowest BCUT2D eigenvalue weighted by Gasteiger charge is -2.26. The van der Waals surface area contributed by atoms with Crippen molar-refractivity contribution in [2.75, 3.05) is 44.4 Å². The van der Waals surface area contributed by atoms with Gasteiger partial charge in [-0.2, -0.15) is 0 Å². The molecule has 0 heterocycles. The maximum absolute atomic E-state index is 12.3. The highest BCUT2D eigenvalue weighted by Gasteiger charge is 2.19. The topological polar surface area (TPSA) is 78.7 Å². The highest BCUT2D eigenvalue weighted by atomic mass is 16.2. The highest BCUT2D eigenvalue weighted by molar-refractivity contribution is 6.00. The second-order valence-electron chi connectivity index (χ2n) is 4.94. The van der Waals surface area contributed by atoms with Crippen LogP contribution in [0.1, 0.15) is 24.2 Å². The average Bonchev–Trinajstić information content (AvgIpc) is 2.44. The van der Waals surface area contributed by atoms with Crippen LogP contribution in [0.3, 0.4) is 0 Å². The van der Waals surface area contributed by atoms with Crippen LogP contribution in [0, 0.1) is 0 Å². The fourth-order valence-corrected chi connectivity index (χ4v) is 2.03. The Labute approximate surface area is 125 Å². The number of rotatable bonds is 6. The summed E-state index contributed by atoms with van der Waals surface area (Å²) in [7, 11) is 3.39. The highest BCUT2D eigenvalue weighted by Crippen LogP contribution is 2.24. The molecular weight excluding hydrogens is 268 g/mol. The van der Waals surface area contributed by atoms with E-state index < -0.39 is 0 Å². The van der Waals surface area contributed by atoms with Crippen LogP contribution in [-0.2, 0) is 4.79 Å². The first kappa shape index (κ1) is 16.8. The van der Waals surface area contributed by atoms with Crippen LogP contribution in [0.4, 0.5) is 11.4 Å². The van der Waals surface area contributed by atoms with Crippen LogP contribution >= 0.6 is 0 Å². The van der Waals surface area contributed by atoms with Gasteiger partial charge in [-0.05, 0) is 32.0 Å². The fourth-order valence-electron chi connectivity index (χ4n) is 2.03. The van der Waals surface area contributed by atoms with E-state index in [9.17, 15) is 9.59 Å². The number of anilines is 2. The Hall–Kier alpha value is -2.24. The van der Waals surface area contributed by atoms with Gasteiger partial charge in [0, 0.05) is 32.9 Å². The SMILES string of the molecule is CCNC(=O)CN(CC)c1cc(N)ccc1C(=O)N(C)C. The summed E-state index contributed by atoms with van der Waals surface area (Å²) >= 11 is 0. The molecule has 1 aromatic carbocycles. The number of carbonyl (C=O) groups excluding carboxylic acids is 2. The summed E-state index contributed by atoms with van der Waals surface area (Å²) in [6, 6.07) is 5.13. The molecule has 0 saturated carbocycles. The molecule has 0 atom stereocenters. The number of nitrogens with two attached hydrogens (primary N) is 1. The first-order chi connectivity index (χ1) is 9.90. The summed E-state index contributed by atoms with van der Waals surface area (Å²) < 4.78 is 0. The van der Waals surface area contributed by atoms with E-state index in [1.165, 1.54) is 4.90 Å². The zero-order valence-electron chi connectivity index (χ0n) is 13.1. The number of benzene rings is 1. The number of carbonyl (C=O) groups is 2. The number of hydrogen-bond donors (Lipinski definition) is 2. The quantitative estimate of drug-likeness (QED) is 0.765. The van der Waals surface area contributed by atoms with Crippen molar-refractivity contribution in [3.8, 4) is 0 Å². The molecule has 6 heteroatoms. The summed E-state index contributed by atoms with van der Waals surface area (Å²) in [6.45, 7) is 5.19. The smallest absolute Gasteiger partial charge is 0.255 e. The van der Waals surface area contributed by atoms with Crippen molar-refractivity contribution < 1.29 is 9.59 Å². The van der Waals surface area contributed by atoms with Crippen molar-refractivity contribution in [3.63, 3.8) is 0 Å². The molecular formula is C15H24N4O2. The van der Waals surface area contributed by atoms with E-state index in [0.717, 1.165) is 0 Å². The van der Waals surface area contributed by atoms with Gasteiger partial charge in [0.1, 0.15) is 0 Å². The maximum Gasteiger partial charge on any atom is 0.255 e. The van der Waals surface area contributed by atoms with E-state index in [4.69, 9.17) is 5.73 Å². The number of likely N-dealkylation sites (N-methyl/N-ethyl adjacent to an activating group) is 2. The number of amides is 2. The number of nitrogens with one attached hydrogen (secondary N) is 1. The van der Waals surface area contributed by atoms with E-state index in [1.807, 2.05) is 18.7 Å².